The summed E-state index contributed by atoms with van der Waals surface area (Å²) in [7, 11) is 0. The van der Waals surface area contributed by atoms with Gasteiger partial charge in [-0.15, -0.1) is 0 Å². The zero-order chi connectivity index (χ0) is 95.2. The van der Waals surface area contributed by atoms with Gasteiger partial charge in [0.15, 0.2) is 0 Å². The number of amides is 15. The van der Waals surface area contributed by atoms with Gasteiger partial charge in [-0.05, 0) is 255 Å². The minimum atomic E-state index is -1.35. The highest BCUT2D eigenvalue weighted by Gasteiger charge is 2.39. The fourth-order valence-corrected chi connectivity index (χ4v) is 13.8. The fraction of sp³-hybridized carbons (Fsp3) is 0.814. The van der Waals surface area contributed by atoms with E-state index in [-0.39, 0.29) is 145 Å². The van der Waals surface area contributed by atoms with Gasteiger partial charge in [-0.1, -0.05) is 96.9 Å². The van der Waals surface area contributed by atoms with Gasteiger partial charge in [-0.25, -0.2) is 0 Å². The van der Waals surface area contributed by atoms with Crippen LogP contribution < -0.4 is 120 Å². The summed E-state index contributed by atoms with van der Waals surface area (Å²) in [6.45, 7) is 29.2. The third-order valence-electron chi connectivity index (χ3n) is 20.5. The second-order valence-electron chi connectivity index (χ2n) is 36.0. The first-order valence-electron chi connectivity index (χ1n) is 45.5. The number of aliphatic carboxylic acids is 1. The van der Waals surface area contributed by atoms with Gasteiger partial charge in [0.1, 0.15) is 91.1 Å². The van der Waals surface area contributed by atoms with E-state index in [1.54, 1.807) is 27.7 Å². The molecule has 0 aromatic heterocycles. The lowest BCUT2D eigenvalue weighted by Gasteiger charge is -2.30. The molecule has 0 aliphatic carbocycles. The van der Waals surface area contributed by atoms with Crippen LogP contribution in [0.2, 0.25) is 0 Å². The Labute approximate surface area is 742 Å². The predicted molar refractivity (Wildman–Crippen MR) is 481 cm³/mol. The summed E-state index contributed by atoms with van der Waals surface area (Å²) < 4.78 is 0. The molecule has 0 spiro atoms. The molecule has 0 aliphatic heterocycles. The SMILES string of the molecule is CC(C)C[C@H](NC(=O)[C@H](C)NC(=O)[C@H](CCCCN)NC(=O)[C@H](CCCCN)NC(=O)[C@H](CC(C)C)NC(=O)[C@H](CC(C)C)NC(=O)[C@H](CCCCN)NC(=O)[C@H](CC(C)C)NC(=O)[C@H](CC(C)C)NC(=O)[C@H](CCCCN)NC(=O)[C@H](CCCCN)NC(=O)[C@@H](N)CC(C)C)C(=O)N[C@@H](CCCCN)C(=O)N[C@@H](CC(C)C)C(=O)N[C@@H](C)C(=O)NCC(=O)O. The van der Waals surface area contributed by atoms with E-state index in [2.05, 4.69) is 79.8 Å². The zero-order valence-electron chi connectivity index (χ0n) is 77.8. The molecule has 15 amide bonds. The summed E-state index contributed by atoms with van der Waals surface area (Å²) >= 11 is 0. The van der Waals surface area contributed by atoms with Crippen molar-refractivity contribution in [1.29, 1.82) is 0 Å². The second-order valence-corrected chi connectivity index (χ2v) is 36.0. The van der Waals surface area contributed by atoms with Crippen molar-refractivity contribution in [2.45, 2.75) is 362 Å². The summed E-state index contributed by atoms with van der Waals surface area (Å²) in [6.07, 6.45) is 6.30. The van der Waals surface area contributed by atoms with Crippen LogP contribution in [0.15, 0.2) is 0 Å². The van der Waals surface area contributed by atoms with Crippen LogP contribution in [0.1, 0.15) is 271 Å². The third-order valence-corrected chi connectivity index (χ3v) is 20.5. The van der Waals surface area contributed by atoms with Crippen molar-refractivity contribution < 1.29 is 81.8 Å². The Morgan fingerprint density at radius 2 is 0.368 bits per heavy atom. The van der Waals surface area contributed by atoms with Crippen LogP contribution >= 0.6 is 0 Å². The minimum absolute atomic E-state index is 0.0146. The molecule has 39 nitrogen and oxygen atoms in total. The number of carbonyl (C=O) groups excluding carboxylic acids is 15. The molecule has 0 aliphatic rings. The van der Waals surface area contributed by atoms with Crippen molar-refractivity contribution in [2.24, 2.45) is 81.6 Å². The van der Waals surface area contributed by atoms with Gasteiger partial charge in [-0.3, -0.25) is 76.7 Å². The van der Waals surface area contributed by atoms with Crippen LogP contribution in [0.5, 0.6) is 0 Å². The van der Waals surface area contributed by atoms with Gasteiger partial charge in [-0.2, -0.15) is 0 Å². The number of unbranched alkanes of at least 4 members (excludes halogenated alkanes) is 6. The quantitative estimate of drug-likeness (QED) is 0.0339. The lowest BCUT2D eigenvalue weighted by Crippen LogP contribution is -2.61. The van der Waals surface area contributed by atoms with E-state index in [0.717, 1.165) is 0 Å². The number of carbonyl (C=O) groups is 16. The molecule has 125 heavy (non-hydrogen) atoms. The van der Waals surface area contributed by atoms with Crippen molar-refractivity contribution in [3.8, 4) is 0 Å². The van der Waals surface area contributed by atoms with E-state index in [4.69, 9.17) is 45.2 Å². The fourth-order valence-electron chi connectivity index (χ4n) is 13.8. The zero-order valence-corrected chi connectivity index (χ0v) is 77.8. The highest BCUT2D eigenvalue weighted by molar-refractivity contribution is 6.01. The molecule has 39 heteroatoms. The molecule has 0 aromatic rings. The first-order chi connectivity index (χ1) is 58.8. The third kappa shape index (κ3) is 51.0. The van der Waals surface area contributed by atoms with Crippen molar-refractivity contribution in [2.75, 3.05) is 45.8 Å². The van der Waals surface area contributed by atoms with Crippen molar-refractivity contribution in [3.05, 3.63) is 0 Å². The summed E-state index contributed by atoms with van der Waals surface area (Å²) in [5, 5.41) is 49.8. The maximum absolute atomic E-state index is 14.8. The molecule has 0 aromatic carbocycles. The molecule has 0 bridgehead atoms. The van der Waals surface area contributed by atoms with Gasteiger partial charge >= 0.3 is 5.97 Å². The lowest BCUT2D eigenvalue weighted by molar-refractivity contribution is -0.138. The molecule has 0 unspecified atom stereocenters. The second kappa shape index (κ2) is 64.9. The van der Waals surface area contributed by atoms with Crippen LogP contribution in [0, 0.1) is 41.4 Å². The number of nitrogens with two attached hydrogens (primary N) is 7. The van der Waals surface area contributed by atoms with E-state index in [1.807, 2.05) is 69.2 Å². The average Bonchev–Trinajstić information content (AvgIpc) is 0.852. The monoisotopic (exact) mass is 1780 g/mol. The number of nitrogens with one attached hydrogen (secondary N) is 15. The number of hydrogen-bond donors (Lipinski definition) is 23. The first kappa shape index (κ1) is 116. The highest BCUT2D eigenvalue weighted by Crippen LogP contribution is 2.18. The van der Waals surface area contributed by atoms with Gasteiger partial charge in [0.25, 0.3) is 0 Å². The van der Waals surface area contributed by atoms with Crippen molar-refractivity contribution in [3.63, 3.8) is 0 Å². The Balaban J connectivity index is 7.24. The van der Waals surface area contributed by atoms with Gasteiger partial charge in [0.05, 0.1) is 6.04 Å². The van der Waals surface area contributed by atoms with Crippen LogP contribution in [-0.4, -0.2) is 236 Å². The average molecular weight is 1780 g/mol. The largest absolute Gasteiger partial charge is 0.480 e. The van der Waals surface area contributed by atoms with E-state index in [0.29, 0.717) is 96.6 Å². The smallest absolute Gasteiger partial charge is 0.322 e. The molecule has 30 N–H and O–H groups in total. The predicted octanol–water partition coefficient (Wildman–Crippen LogP) is -0.562. The first-order valence-corrected chi connectivity index (χ1v) is 45.5. The van der Waals surface area contributed by atoms with Crippen LogP contribution in [0.25, 0.3) is 0 Å². The van der Waals surface area contributed by atoms with Crippen LogP contribution in [0.3, 0.4) is 0 Å². The summed E-state index contributed by atoms with van der Waals surface area (Å²) in [4.78, 5) is 225. The highest BCUT2D eigenvalue weighted by atomic mass is 16.4. The molecular weight excluding hydrogens is 1610 g/mol. The Kier molecular flexibility index (Phi) is 60.3. The van der Waals surface area contributed by atoms with Crippen molar-refractivity contribution in [1.82, 2.24) is 79.8 Å². The molecule has 0 saturated heterocycles. The lowest BCUT2D eigenvalue weighted by atomic mass is 9.98. The molecule has 720 valence electrons. The number of rotatable bonds is 69. The molecular formula is C86H164N22O17. The minimum Gasteiger partial charge on any atom is -0.480 e. The summed E-state index contributed by atoms with van der Waals surface area (Å²) in [5.74, 6) is -13.5. The summed E-state index contributed by atoms with van der Waals surface area (Å²) in [5.41, 5.74) is 41.4. The Morgan fingerprint density at radius 1 is 0.208 bits per heavy atom. The van der Waals surface area contributed by atoms with E-state index in [9.17, 15) is 76.7 Å². The molecule has 0 fully saturated rings. The molecule has 15 atom stereocenters. The molecule has 0 rings (SSSR count). The van der Waals surface area contributed by atoms with Crippen LogP contribution in [-0.2, 0) is 76.7 Å². The van der Waals surface area contributed by atoms with E-state index < -0.39 is 192 Å². The van der Waals surface area contributed by atoms with E-state index in [1.165, 1.54) is 13.8 Å². The molecule has 0 saturated carbocycles. The van der Waals surface area contributed by atoms with Gasteiger partial charge < -0.3 is 125 Å². The summed E-state index contributed by atoms with van der Waals surface area (Å²) in [6, 6.07) is -18.5. The standard InChI is InChI=1S/C86H164N22O17/c1-49(2)41-58(93)74(113)97-60(30-18-24-36-88)76(115)99-62(32-20-26-38-90)78(117)105-69(46-54(11)12)85(124)108-68(45-53(9)10)84(123)102-64(34-22-28-40-92)80(119)106-70(47-55(13)14)86(125)107-67(44-52(7)8)83(122)100-61(31-19-25-37-89)77(116)98-59(29-17-23-35-87)75(114)96-57(16)73(112)103-66(43-51(5)6)82(121)101-63(33-21-27-39-91)79(118)104-65(42-50(3)4)81(120)95-56(15)72(111)94-48-71(109)110/h49-70H,17-48,87-93H2,1-16H3,(H,94,111)(H,95,120)(H,96,114)(H,97,113)(H,98,116)(H,99,115)(H,100,122)(H,101,121)(H,102,123)(H,103,112)(H,104,118)(H,105,117)(H,106,119)(H,107,125)(H,108,124)(H,109,110)/t56-,57-,58-,59-,60-,61-,62-,63-,64-,65-,66-,67-,68-,69-,70-/m0/s1. The Bertz CT molecular complexity index is 3290. The molecule has 0 heterocycles. The van der Waals surface area contributed by atoms with Gasteiger partial charge in [0, 0.05) is 0 Å². The Morgan fingerprint density at radius 3 is 0.560 bits per heavy atom. The Hall–Kier alpha value is -8.76. The van der Waals surface area contributed by atoms with Crippen LogP contribution in [0.4, 0.5) is 0 Å². The molecule has 0 radical (unpaired) electrons. The number of carboxylic acids is 1. The van der Waals surface area contributed by atoms with Gasteiger partial charge in [0.2, 0.25) is 88.6 Å². The number of carboxylic acid groups (broad SMARTS) is 1. The topological polar surface area (TPSA) is 656 Å². The van der Waals surface area contributed by atoms with Crippen molar-refractivity contribution >= 4 is 94.6 Å². The maximum atomic E-state index is 14.8. The number of hydrogen-bond acceptors (Lipinski definition) is 23. The van der Waals surface area contributed by atoms with E-state index >= 15 is 0 Å². The maximum Gasteiger partial charge on any atom is 0.322 e. The normalized spacial score (nSPS) is 15.2.